The maximum atomic E-state index is 13.4. The van der Waals surface area contributed by atoms with Crippen LogP contribution < -0.4 is 4.90 Å². The molecule has 0 aromatic heterocycles. The van der Waals surface area contributed by atoms with Crippen LogP contribution in [0.2, 0.25) is 0 Å². The van der Waals surface area contributed by atoms with Crippen LogP contribution in [0.3, 0.4) is 0 Å². The fourth-order valence-electron chi connectivity index (χ4n) is 5.05. The molecule has 1 unspecified atom stereocenters. The molecule has 1 aliphatic carbocycles. The van der Waals surface area contributed by atoms with Crippen LogP contribution in [0.1, 0.15) is 54.3 Å². The Morgan fingerprint density at radius 1 is 0.923 bits per heavy atom. The molecular formula is C23H27FN2. The molecule has 2 nitrogen and oxygen atoms in total. The van der Waals surface area contributed by atoms with Crippen LogP contribution in [0.15, 0.2) is 42.5 Å². The second kappa shape index (κ2) is 6.70. The van der Waals surface area contributed by atoms with E-state index in [1.165, 1.54) is 56.8 Å². The first-order valence-electron chi connectivity index (χ1n) is 10.2. The average Bonchev–Trinajstić information content (AvgIpc) is 3.05. The van der Waals surface area contributed by atoms with E-state index in [9.17, 15) is 4.39 Å². The van der Waals surface area contributed by atoms with Crippen LogP contribution in [0.5, 0.6) is 0 Å². The van der Waals surface area contributed by atoms with Crippen LogP contribution in [-0.2, 0) is 6.42 Å². The molecular weight excluding hydrogens is 323 g/mol. The zero-order chi connectivity index (χ0) is 17.5. The first-order chi connectivity index (χ1) is 12.8. The number of nitrogens with zero attached hydrogens (tertiary/aromatic N) is 2. The molecule has 0 spiro atoms. The molecule has 26 heavy (non-hydrogen) atoms. The van der Waals surface area contributed by atoms with Gasteiger partial charge in [0.15, 0.2) is 0 Å². The van der Waals surface area contributed by atoms with E-state index in [-0.39, 0.29) is 5.82 Å². The van der Waals surface area contributed by atoms with Crippen molar-refractivity contribution in [3.63, 3.8) is 0 Å². The predicted octanol–water partition coefficient (Wildman–Crippen LogP) is 4.90. The summed E-state index contributed by atoms with van der Waals surface area (Å²) in [5.74, 6) is 0.435. The summed E-state index contributed by atoms with van der Waals surface area (Å²) in [5, 5.41) is 0. The predicted molar refractivity (Wildman–Crippen MR) is 104 cm³/mol. The summed E-state index contributed by atoms with van der Waals surface area (Å²) in [5.41, 5.74) is 5.63. The minimum Gasteiger partial charge on any atom is -0.370 e. The van der Waals surface area contributed by atoms with Crippen molar-refractivity contribution in [2.75, 3.05) is 31.1 Å². The van der Waals surface area contributed by atoms with Crippen LogP contribution in [-0.4, -0.2) is 31.1 Å². The van der Waals surface area contributed by atoms with Gasteiger partial charge in [-0.25, -0.2) is 4.39 Å². The Balaban J connectivity index is 1.28. The number of rotatable bonds is 3. The number of piperidine rings is 1. The van der Waals surface area contributed by atoms with Crippen molar-refractivity contribution in [1.29, 1.82) is 0 Å². The van der Waals surface area contributed by atoms with Gasteiger partial charge in [-0.05, 0) is 73.7 Å². The Labute approximate surface area is 155 Å². The topological polar surface area (TPSA) is 6.48 Å². The first-order valence-corrected chi connectivity index (χ1v) is 10.2. The summed E-state index contributed by atoms with van der Waals surface area (Å²) < 4.78 is 13.4. The summed E-state index contributed by atoms with van der Waals surface area (Å²) in [6.07, 6.45) is 6.64. The van der Waals surface area contributed by atoms with Gasteiger partial charge in [0.1, 0.15) is 5.82 Å². The lowest BCUT2D eigenvalue weighted by molar-refractivity contribution is 0.163. The zero-order valence-electron chi connectivity index (χ0n) is 15.3. The number of aryl methyl sites for hydroxylation is 1. The van der Waals surface area contributed by atoms with Gasteiger partial charge < -0.3 is 4.90 Å². The average molecular weight is 350 g/mol. The van der Waals surface area contributed by atoms with Gasteiger partial charge in [0, 0.05) is 30.7 Å². The summed E-state index contributed by atoms with van der Waals surface area (Å²) in [4.78, 5) is 4.99. The molecule has 0 radical (unpaired) electrons. The van der Waals surface area contributed by atoms with E-state index in [1.807, 2.05) is 6.07 Å². The molecule has 0 bridgehead atoms. The summed E-state index contributed by atoms with van der Waals surface area (Å²) in [6.45, 7) is 4.55. The summed E-state index contributed by atoms with van der Waals surface area (Å²) >= 11 is 0. The Morgan fingerprint density at radius 2 is 1.77 bits per heavy atom. The van der Waals surface area contributed by atoms with Gasteiger partial charge in [0.05, 0.1) is 0 Å². The third-order valence-electron chi connectivity index (χ3n) is 6.57. The highest BCUT2D eigenvalue weighted by atomic mass is 19.1. The van der Waals surface area contributed by atoms with Crippen molar-refractivity contribution < 1.29 is 4.39 Å². The van der Waals surface area contributed by atoms with E-state index < -0.39 is 0 Å². The molecule has 2 fully saturated rings. The number of halogens is 1. The van der Waals surface area contributed by atoms with E-state index in [0.29, 0.717) is 12.0 Å². The molecule has 5 rings (SSSR count). The number of likely N-dealkylation sites (tertiary alicyclic amines) is 1. The Bertz CT molecular complexity index is 791. The minimum atomic E-state index is -0.146. The third kappa shape index (κ3) is 2.92. The lowest BCUT2D eigenvalue weighted by Gasteiger charge is -2.41. The molecule has 3 heteroatoms. The molecule has 2 aromatic rings. The highest BCUT2D eigenvalue weighted by Crippen LogP contribution is 2.40. The van der Waals surface area contributed by atoms with E-state index >= 15 is 0 Å². The van der Waals surface area contributed by atoms with Gasteiger partial charge in [-0.2, -0.15) is 0 Å². The molecule has 2 aliphatic heterocycles. The number of hydrogen-bond donors (Lipinski definition) is 0. The van der Waals surface area contributed by atoms with Gasteiger partial charge >= 0.3 is 0 Å². The number of hydrogen-bond acceptors (Lipinski definition) is 2. The van der Waals surface area contributed by atoms with E-state index in [2.05, 4.69) is 28.0 Å². The van der Waals surface area contributed by atoms with Crippen molar-refractivity contribution in [3.8, 4) is 0 Å². The highest BCUT2D eigenvalue weighted by Gasteiger charge is 2.32. The quantitative estimate of drug-likeness (QED) is 0.777. The lowest BCUT2D eigenvalue weighted by atomic mass is 9.88. The zero-order valence-corrected chi connectivity index (χ0v) is 15.3. The van der Waals surface area contributed by atoms with Gasteiger partial charge in [-0.3, -0.25) is 4.90 Å². The van der Waals surface area contributed by atoms with Gasteiger partial charge in [0.2, 0.25) is 0 Å². The van der Waals surface area contributed by atoms with E-state index in [0.717, 1.165) is 18.8 Å². The van der Waals surface area contributed by atoms with Crippen molar-refractivity contribution in [2.45, 2.75) is 44.1 Å². The Hall–Kier alpha value is -1.87. The largest absolute Gasteiger partial charge is 0.370 e. The van der Waals surface area contributed by atoms with Crippen molar-refractivity contribution >= 4 is 5.69 Å². The van der Waals surface area contributed by atoms with Gasteiger partial charge in [-0.15, -0.1) is 0 Å². The van der Waals surface area contributed by atoms with Crippen molar-refractivity contribution in [3.05, 3.63) is 65.0 Å². The van der Waals surface area contributed by atoms with Gasteiger partial charge in [0.25, 0.3) is 0 Å². The molecule has 0 N–H and O–H groups in total. The number of fused-ring (bicyclic) bond motifs is 1. The normalized spacial score (nSPS) is 23.7. The van der Waals surface area contributed by atoms with Gasteiger partial charge in [-0.1, -0.05) is 30.7 Å². The van der Waals surface area contributed by atoms with Crippen molar-refractivity contribution in [2.24, 2.45) is 0 Å². The molecule has 2 heterocycles. The number of benzene rings is 2. The fourth-order valence-corrected chi connectivity index (χ4v) is 5.05. The monoisotopic (exact) mass is 350 g/mol. The smallest absolute Gasteiger partial charge is 0.125 e. The third-order valence-corrected chi connectivity index (χ3v) is 6.57. The second-order valence-corrected chi connectivity index (χ2v) is 8.19. The first kappa shape index (κ1) is 16.3. The molecule has 1 atom stereocenters. The lowest BCUT2D eigenvalue weighted by Crippen LogP contribution is -2.45. The molecule has 0 saturated carbocycles. The summed E-state index contributed by atoms with van der Waals surface area (Å²) in [7, 11) is 0. The van der Waals surface area contributed by atoms with Crippen LogP contribution in [0.4, 0.5) is 10.1 Å². The maximum absolute atomic E-state index is 13.4. The molecule has 2 saturated heterocycles. The SMILES string of the molecule is Fc1cccc(N2CC(c3ccc4c(c3)CCC4N3CCCCC3)C2)c1. The van der Waals surface area contributed by atoms with E-state index in [1.54, 1.807) is 23.3 Å². The second-order valence-electron chi connectivity index (χ2n) is 8.19. The number of anilines is 1. The fraction of sp³-hybridized carbons (Fsp3) is 0.478. The molecule has 0 amide bonds. The van der Waals surface area contributed by atoms with Crippen LogP contribution in [0, 0.1) is 5.82 Å². The molecule has 3 aliphatic rings. The van der Waals surface area contributed by atoms with Crippen LogP contribution >= 0.6 is 0 Å². The van der Waals surface area contributed by atoms with Crippen LogP contribution in [0.25, 0.3) is 0 Å². The van der Waals surface area contributed by atoms with E-state index in [4.69, 9.17) is 0 Å². The highest BCUT2D eigenvalue weighted by molar-refractivity contribution is 5.51. The standard InChI is InChI=1S/C23H27FN2/c24-20-5-4-6-21(14-20)26-15-19(16-26)17-7-9-22-18(13-17)8-10-23(22)25-11-2-1-3-12-25/h4-7,9,13-14,19,23H,1-3,8,10-12,15-16H2. The Morgan fingerprint density at radius 3 is 2.58 bits per heavy atom. The molecule has 136 valence electrons. The Kier molecular flexibility index (Phi) is 4.20. The minimum absolute atomic E-state index is 0.146. The maximum Gasteiger partial charge on any atom is 0.125 e. The van der Waals surface area contributed by atoms with Crippen molar-refractivity contribution in [1.82, 2.24) is 4.90 Å². The summed E-state index contributed by atoms with van der Waals surface area (Å²) in [6, 6.07) is 14.8. The molecule has 2 aromatic carbocycles.